The third-order valence-corrected chi connectivity index (χ3v) is 3.56. The Balaban J connectivity index is 2.07. The van der Waals surface area contributed by atoms with Gasteiger partial charge in [0, 0.05) is 24.7 Å². The van der Waals surface area contributed by atoms with Crippen LogP contribution in [0.2, 0.25) is 0 Å². The monoisotopic (exact) mass is 288 g/mol. The second-order valence-electron chi connectivity index (χ2n) is 5.05. The number of aliphatic carboxylic acids is 1. The minimum atomic E-state index is -0.842. The van der Waals surface area contributed by atoms with Crippen LogP contribution in [0.25, 0.3) is 0 Å². The van der Waals surface area contributed by atoms with E-state index in [4.69, 9.17) is 5.11 Å². The maximum atomic E-state index is 12.2. The van der Waals surface area contributed by atoms with Crippen LogP contribution in [-0.2, 0) is 4.79 Å². The Hall–Kier alpha value is -2.30. The number of rotatable bonds is 5. The first-order valence-corrected chi connectivity index (χ1v) is 7.10. The smallest absolute Gasteiger partial charge is 0.321 e. The SMILES string of the molecule is C/C=C/CCNC(=O)N1CC(CC(=O)O)c2ccccc21. The molecule has 1 aromatic rings. The molecule has 0 aliphatic carbocycles. The predicted molar refractivity (Wildman–Crippen MR) is 81.6 cm³/mol. The van der Waals surface area contributed by atoms with Gasteiger partial charge in [-0.15, -0.1) is 0 Å². The molecule has 1 aromatic carbocycles. The molecule has 0 fully saturated rings. The van der Waals surface area contributed by atoms with Crippen molar-refractivity contribution in [1.29, 1.82) is 0 Å². The van der Waals surface area contributed by atoms with Gasteiger partial charge < -0.3 is 10.4 Å². The summed E-state index contributed by atoms with van der Waals surface area (Å²) in [5, 5.41) is 11.9. The number of carbonyl (C=O) groups excluding carboxylic acids is 1. The fourth-order valence-electron chi connectivity index (χ4n) is 2.60. The topological polar surface area (TPSA) is 69.6 Å². The molecule has 2 rings (SSSR count). The summed E-state index contributed by atoms with van der Waals surface area (Å²) < 4.78 is 0. The van der Waals surface area contributed by atoms with Crippen LogP contribution in [0.1, 0.15) is 31.2 Å². The largest absolute Gasteiger partial charge is 0.481 e. The standard InChI is InChI=1S/C16H20N2O3/c1-2-3-6-9-17-16(21)18-11-12(10-15(19)20)13-7-4-5-8-14(13)18/h2-5,7-8,12H,6,9-11H2,1H3,(H,17,21)(H,19,20)/b3-2+. The number of urea groups is 1. The van der Waals surface area contributed by atoms with Crippen molar-refractivity contribution in [2.24, 2.45) is 0 Å². The Morgan fingerprint density at radius 3 is 2.90 bits per heavy atom. The lowest BCUT2D eigenvalue weighted by Gasteiger charge is -2.18. The Morgan fingerprint density at radius 1 is 1.43 bits per heavy atom. The molecule has 0 radical (unpaired) electrons. The number of carboxylic acids is 1. The highest BCUT2D eigenvalue weighted by Gasteiger charge is 2.33. The summed E-state index contributed by atoms with van der Waals surface area (Å²) >= 11 is 0. The molecule has 2 N–H and O–H groups in total. The predicted octanol–water partition coefficient (Wildman–Crippen LogP) is 2.74. The number of para-hydroxylation sites is 1. The summed E-state index contributed by atoms with van der Waals surface area (Å²) in [6, 6.07) is 7.34. The summed E-state index contributed by atoms with van der Waals surface area (Å²) in [6.07, 6.45) is 4.77. The number of fused-ring (bicyclic) bond motifs is 1. The molecule has 5 heteroatoms. The van der Waals surface area contributed by atoms with Gasteiger partial charge in [-0.1, -0.05) is 30.4 Å². The van der Waals surface area contributed by atoms with Crippen molar-refractivity contribution in [3.63, 3.8) is 0 Å². The van der Waals surface area contributed by atoms with Crippen LogP contribution in [0.4, 0.5) is 10.5 Å². The van der Waals surface area contributed by atoms with Crippen molar-refractivity contribution in [3.8, 4) is 0 Å². The number of carboxylic acid groups (broad SMARTS) is 1. The number of allylic oxidation sites excluding steroid dienone is 1. The Labute approximate surface area is 124 Å². The number of benzene rings is 1. The van der Waals surface area contributed by atoms with Gasteiger partial charge in [-0.25, -0.2) is 4.79 Å². The third kappa shape index (κ3) is 3.62. The van der Waals surface area contributed by atoms with Crippen LogP contribution in [0.5, 0.6) is 0 Å². The summed E-state index contributed by atoms with van der Waals surface area (Å²) in [4.78, 5) is 24.8. The highest BCUT2D eigenvalue weighted by atomic mass is 16.4. The van der Waals surface area contributed by atoms with E-state index in [-0.39, 0.29) is 18.4 Å². The molecule has 0 saturated heterocycles. The van der Waals surface area contributed by atoms with Crippen molar-refractivity contribution >= 4 is 17.7 Å². The van der Waals surface area contributed by atoms with Gasteiger partial charge in [0.25, 0.3) is 0 Å². The molecule has 1 heterocycles. The number of nitrogens with zero attached hydrogens (tertiary/aromatic N) is 1. The number of nitrogens with one attached hydrogen (secondary N) is 1. The van der Waals surface area contributed by atoms with Crippen molar-refractivity contribution in [2.75, 3.05) is 18.0 Å². The van der Waals surface area contributed by atoms with Gasteiger partial charge in [0.1, 0.15) is 0 Å². The number of anilines is 1. The van der Waals surface area contributed by atoms with Crippen molar-refractivity contribution in [2.45, 2.75) is 25.7 Å². The summed E-state index contributed by atoms with van der Waals surface area (Å²) in [7, 11) is 0. The van der Waals surface area contributed by atoms with E-state index in [0.29, 0.717) is 13.1 Å². The van der Waals surface area contributed by atoms with E-state index in [2.05, 4.69) is 5.32 Å². The average Bonchev–Trinajstić information content (AvgIpc) is 2.82. The van der Waals surface area contributed by atoms with E-state index in [1.165, 1.54) is 0 Å². The van der Waals surface area contributed by atoms with E-state index in [1.807, 2.05) is 43.3 Å². The lowest BCUT2D eigenvalue weighted by Crippen LogP contribution is -2.39. The molecule has 0 aromatic heterocycles. The fourth-order valence-corrected chi connectivity index (χ4v) is 2.60. The van der Waals surface area contributed by atoms with Crippen LogP contribution in [0, 0.1) is 0 Å². The first-order chi connectivity index (χ1) is 10.1. The molecule has 0 saturated carbocycles. The normalized spacial score (nSPS) is 17.0. The molecule has 0 spiro atoms. The van der Waals surface area contributed by atoms with E-state index in [1.54, 1.807) is 4.90 Å². The van der Waals surface area contributed by atoms with Gasteiger partial charge in [-0.2, -0.15) is 0 Å². The van der Waals surface area contributed by atoms with Crippen LogP contribution in [0.3, 0.4) is 0 Å². The molecule has 1 unspecified atom stereocenters. The molecule has 1 aliphatic rings. The van der Waals surface area contributed by atoms with Crippen molar-refractivity contribution in [3.05, 3.63) is 42.0 Å². The highest BCUT2D eigenvalue weighted by molar-refractivity contribution is 5.95. The van der Waals surface area contributed by atoms with Crippen molar-refractivity contribution < 1.29 is 14.7 Å². The first kappa shape index (κ1) is 15.1. The number of amides is 2. The molecule has 1 atom stereocenters. The minimum absolute atomic E-state index is 0.0410. The number of carbonyl (C=O) groups is 2. The lowest BCUT2D eigenvalue weighted by atomic mass is 9.98. The zero-order valence-corrected chi connectivity index (χ0v) is 12.1. The Bertz CT molecular complexity index is 554. The highest BCUT2D eigenvalue weighted by Crippen LogP contribution is 2.37. The third-order valence-electron chi connectivity index (χ3n) is 3.56. The van der Waals surface area contributed by atoms with E-state index >= 15 is 0 Å². The zero-order chi connectivity index (χ0) is 15.2. The second kappa shape index (κ2) is 6.92. The van der Waals surface area contributed by atoms with Gasteiger partial charge in [0.05, 0.1) is 6.42 Å². The van der Waals surface area contributed by atoms with E-state index < -0.39 is 5.97 Å². The average molecular weight is 288 g/mol. The lowest BCUT2D eigenvalue weighted by molar-refractivity contribution is -0.137. The molecule has 1 aliphatic heterocycles. The van der Waals surface area contributed by atoms with Gasteiger partial charge in [0.15, 0.2) is 0 Å². The Kier molecular flexibility index (Phi) is 4.98. The van der Waals surface area contributed by atoms with Crippen molar-refractivity contribution in [1.82, 2.24) is 5.32 Å². The molecule has 0 bridgehead atoms. The molecule has 5 nitrogen and oxygen atoms in total. The molecule has 2 amide bonds. The van der Waals surface area contributed by atoms with Crippen LogP contribution >= 0.6 is 0 Å². The Morgan fingerprint density at radius 2 is 2.19 bits per heavy atom. The summed E-state index contributed by atoms with van der Waals surface area (Å²) in [6.45, 7) is 2.93. The quantitative estimate of drug-likeness (QED) is 0.646. The van der Waals surface area contributed by atoms with E-state index in [9.17, 15) is 9.59 Å². The number of hydrogen-bond acceptors (Lipinski definition) is 2. The second-order valence-corrected chi connectivity index (χ2v) is 5.05. The van der Waals surface area contributed by atoms with Gasteiger partial charge in [-0.3, -0.25) is 9.69 Å². The summed E-state index contributed by atoms with van der Waals surface area (Å²) in [5.41, 5.74) is 1.75. The minimum Gasteiger partial charge on any atom is -0.481 e. The maximum Gasteiger partial charge on any atom is 0.321 e. The molecular formula is C16H20N2O3. The zero-order valence-electron chi connectivity index (χ0n) is 12.1. The van der Waals surface area contributed by atoms with Gasteiger partial charge >= 0.3 is 12.0 Å². The maximum absolute atomic E-state index is 12.2. The van der Waals surface area contributed by atoms with Gasteiger partial charge in [-0.05, 0) is 25.0 Å². The van der Waals surface area contributed by atoms with E-state index in [0.717, 1.165) is 17.7 Å². The van der Waals surface area contributed by atoms with Crippen LogP contribution in [0.15, 0.2) is 36.4 Å². The van der Waals surface area contributed by atoms with Crippen LogP contribution < -0.4 is 10.2 Å². The summed E-state index contributed by atoms with van der Waals surface area (Å²) in [5.74, 6) is -0.981. The fraction of sp³-hybridized carbons (Fsp3) is 0.375. The number of hydrogen-bond donors (Lipinski definition) is 2. The molecule has 112 valence electrons. The first-order valence-electron chi connectivity index (χ1n) is 7.10. The molecule has 21 heavy (non-hydrogen) atoms. The van der Waals surface area contributed by atoms with Gasteiger partial charge in [0.2, 0.25) is 0 Å². The molecular weight excluding hydrogens is 268 g/mol. The van der Waals surface area contributed by atoms with Crippen LogP contribution in [-0.4, -0.2) is 30.2 Å².